The normalized spacial score (nSPS) is 15.8. The molecule has 7 heteroatoms. The Morgan fingerprint density at radius 3 is 2.44 bits per heavy atom. The summed E-state index contributed by atoms with van der Waals surface area (Å²) in [5.41, 5.74) is 2.89. The van der Waals surface area contributed by atoms with E-state index in [1.165, 1.54) is 5.56 Å². The van der Waals surface area contributed by atoms with Crippen LogP contribution in [-0.2, 0) is 17.6 Å². The Balaban J connectivity index is 1.28. The first-order chi connectivity index (χ1) is 15.4. The fourth-order valence-corrected chi connectivity index (χ4v) is 4.66. The molecular weight excluding hydrogens is 410 g/mol. The molecule has 0 spiro atoms. The van der Waals surface area contributed by atoms with E-state index in [4.69, 9.17) is 4.42 Å². The summed E-state index contributed by atoms with van der Waals surface area (Å²) in [5, 5.41) is 10.6. The molecule has 7 nitrogen and oxygen atoms in total. The number of hydrogen-bond donors (Lipinski definition) is 1. The van der Waals surface area contributed by atoms with Gasteiger partial charge in [0.15, 0.2) is 5.78 Å². The SMILES string of the molecule is O=C(C[C@@H](CCN1C(=O)c2ccccc2C1=O)C(=O)O)c1ccc2c3c(oc2c1)CCC3. The molecule has 1 N–H and O–H groups in total. The molecule has 32 heavy (non-hydrogen) atoms. The van der Waals surface area contributed by atoms with Gasteiger partial charge in [-0.3, -0.25) is 24.1 Å². The number of ketones is 1. The quantitative estimate of drug-likeness (QED) is 0.450. The molecule has 3 aromatic rings. The smallest absolute Gasteiger partial charge is 0.307 e. The molecule has 1 aromatic heterocycles. The molecule has 2 aromatic carbocycles. The predicted octanol–water partition coefficient (Wildman–Crippen LogP) is 3.88. The summed E-state index contributed by atoms with van der Waals surface area (Å²) in [4.78, 5) is 50.7. The first-order valence-electron chi connectivity index (χ1n) is 10.7. The number of hydrogen-bond acceptors (Lipinski definition) is 5. The van der Waals surface area contributed by atoms with Crippen LogP contribution in [0.1, 0.15) is 61.7 Å². The van der Waals surface area contributed by atoms with Gasteiger partial charge >= 0.3 is 5.97 Å². The van der Waals surface area contributed by atoms with E-state index < -0.39 is 23.7 Å². The van der Waals surface area contributed by atoms with Crippen molar-refractivity contribution in [2.24, 2.45) is 5.92 Å². The molecule has 0 unspecified atom stereocenters. The minimum Gasteiger partial charge on any atom is -0.481 e. The van der Waals surface area contributed by atoms with Gasteiger partial charge in [0.2, 0.25) is 0 Å². The third kappa shape index (κ3) is 3.30. The molecule has 1 aliphatic carbocycles. The van der Waals surface area contributed by atoms with E-state index in [9.17, 15) is 24.3 Å². The highest BCUT2D eigenvalue weighted by molar-refractivity contribution is 6.21. The fourth-order valence-electron chi connectivity index (χ4n) is 4.66. The first-order valence-corrected chi connectivity index (χ1v) is 10.7. The number of nitrogens with zero attached hydrogens (tertiary/aromatic N) is 1. The topological polar surface area (TPSA) is 105 Å². The second kappa shape index (κ2) is 7.75. The summed E-state index contributed by atoms with van der Waals surface area (Å²) < 4.78 is 5.87. The van der Waals surface area contributed by atoms with Gasteiger partial charge in [0.05, 0.1) is 17.0 Å². The van der Waals surface area contributed by atoms with E-state index >= 15 is 0 Å². The number of fused-ring (bicyclic) bond motifs is 4. The number of carbonyl (C=O) groups excluding carboxylic acids is 3. The number of amides is 2. The number of carbonyl (C=O) groups is 4. The van der Waals surface area contributed by atoms with Gasteiger partial charge in [-0.25, -0.2) is 0 Å². The largest absolute Gasteiger partial charge is 0.481 e. The van der Waals surface area contributed by atoms with Crippen molar-refractivity contribution in [2.75, 3.05) is 6.54 Å². The molecule has 0 saturated carbocycles. The number of carboxylic acids is 1. The molecule has 0 bridgehead atoms. The van der Waals surface area contributed by atoms with Crippen molar-refractivity contribution in [1.29, 1.82) is 0 Å². The van der Waals surface area contributed by atoms with Gasteiger partial charge in [-0.2, -0.15) is 0 Å². The van der Waals surface area contributed by atoms with Crippen LogP contribution >= 0.6 is 0 Å². The number of furan rings is 1. The number of imide groups is 1. The van der Waals surface area contributed by atoms with Gasteiger partial charge in [-0.1, -0.05) is 24.3 Å². The third-order valence-electron chi connectivity index (χ3n) is 6.39. The maximum atomic E-state index is 12.8. The van der Waals surface area contributed by atoms with Crippen molar-refractivity contribution < 1.29 is 28.7 Å². The molecule has 5 rings (SSSR count). The zero-order valence-corrected chi connectivity index (χ0v) is 17.3. The highest BCUT2D eigenvalue weighted by atomic mass is 16.4. The van der Waals surface area contributed by atoms with Crippen molar-refractivity contribution in [1.82, 2.24) is 4.90 Å². The second-order valence-corrected chi connectivity index (χ2v) is 8.33. The second-order valence-electron chi connectivity index (χ2n) is 8.33. The monoisotopic (exact) mass is 431 g/mol. The number of carboxylic acid groups (broad SMARTS) is 1. The van der Waals surface area contributed by atoms with Crippen LogP contribution in [0.2, 0.25) is 0 Å². The van der Waals surface area contributed by atoms with Gasteiger partial charge in [0, 0.05) is 35.9 Å². The molecule has 0 radical (unpaired) electrons. The zero-order chi connectivity index (χ0) is 22.4. The summed E-state index contributed by atoms with van der Waals surface area (Å²) in [5.74, 6) is -2.35. The molecule has 0 saturated heterocycles. The number of rotatable bonds is 7. The molecule has 2 amide bonds. The standard InChI is InChI=1S/C25H21NO6/c27-20(14-8-9-17-16-6-3-7-21(16)32-22(17)13-14)12-15(25(30)31)10-11-26-23(28)18-4-1-2-5-19(18)24(26)29/h1-2,4-5,8-9,13,15H,3,6-7,10-12H2,(H,30,31)/t15-/m1/s1. The van der Waals surface area contributed by atoms with Crippen LogP contribution in [0, 0.1) is 5.92 Å². The summed E-state index contributed by atoms with van der Waals surface area (Å²) in [7, 11) is 0. The summed E-state index contributed by atoms with van der Waals surface area (Å²) in [6.45, 7) is -0.0550. The first kappa shape index (κ1) is 20.2. The Bertz CT molecular complexity index is 1250. The van der Waals surface area contributed by atoms with Gasteiger partial charge < -0.3 is 9.52 Å². The molecule has 1 aliphatic heterocycles. The highest BCUT2D eigenvalue weighted by Gasteiger charge is 2.36. The maximum absolute atomic E-state index is 12.8. The zero-order valence-electron chi connectivity index (χ0n) is 17.3. The number of aliphatic carboxylic acids is 1. The third-order valence-corrected chi connectivity index (χ3v) is 6.39. The average molecular weight is 431 g/mol. The minimum absolute atomic E-state index is 0.00380. The van der Waals surface area contributed by atoms with Crippen molar-refractivity contribution in [2.45, 2.75) is 32.1 Å². The van der Waals surface area contributed by atoms with E-state index in [-0.39, 0.29) is 25.2 Å². The van der Waals surface area contributed by atoms with E-state index in [1.807, 2.05) is 6.07 Å². The molecular formula is C25H21NO6. The minimum atomic E-state index is -1.13. The summed E-state index contributed by atoms with van der Waals surface area (Å²) in [6, 6.07) is 11.8. The molecule has 2 heterocycles. The van der Waals surface area contributed by atoms with Crippen LogP contribution in [-0.4, -0.2) is 40.1 Å². The molecule has 2 aliphatic rings. The van der Waals surface area contributed by atoms with E-state index in [2.05, 4.69) is 0 Å². The van der Waals surface area contributed by atoms with Crippen molar-refractivity contribution in [3.63, 3.8) is 0 Å². The van der Waals surface area contributed by atoms with Crippen LogP contribution < -0.4 is 0 Å². The van der Waals surface area contributed by atoms with E-state index in [1.54, 1.807) is 36.4 Å². The van der Waals surface area contributed by atoms with E-state index in [0.717, 1.165) is 35.3 Å². The lowest BCUT2D eigenvalue weighted by Crippen LogP contribution is -2.33. The molecule has 1 atom stereocenters. The van der Waals surface area contributed by atoms with Gasteiger partial charge in [-0.05, 0) is 37.5 Å². The van der Waals surface area contributed by atoms with Gasteiger partial charge in [-0.15, -0.1) is 0 Å². The van der Waals surface area contributed by atoms with Crippen molar-refractivity contribution in [3.8, 4) is 0 Å². The van der Waals surface area contributed by atoms with Crippen molar-refractivity contribution in [3.05, 3.63) is 70.5 Å². The Morgan fingerprint density at radius 1 is 1.03 bits per heavy atom. The van der Waals surface area contributed by atoms with Crippen LogP contribution in [0.15, 0.2) is 46.9 Å². The van der Waals surface area contributed by atoms with E-state index in [0.29, 0.717) is 22.3 Å². The van der Waals surface area contributed by atoms with Crippen LogP contribution in [0.3, 0.4) is 0 Å². The van der Waals surface area contributed by atoms with Crippen molar-refractivity contribution >= 4 is 34.5 Å². The van der Waals surface area contributed by atoms with Gasteiger partial charge in [0.1, 0.15) is 11.3 Å². The highest BCUT2D eigenvalue weighted by Crippen LogP contribution is 2.33. The summed E-state index contributed by atoms with van der Waals surface area (Å²) in [6.07, 6.45) is 2.72. The Hall–Kier alpha value is -3.74. The lowest BCUT2D eigenvalue weighted by Gasteiger charge is -2.17. The molecule has 162 valence electrons. The Kier molecular flexibility index (Phi) is 4.89. The van der Waals surface area contributed by atoms with Crippen LogP contribution in [0.4, 0.5) is 0 Å². The van der Waals surface area contributed by atoms with Gasteiger partial charge in [0.25, 0.3) is 11.8 Å². The number of Topliss-reactive ketones (excluding diaryl/α,β-unsaturated/α-hetero) is 1. The average Bonchev–Trinajstić information content (AvgIpc) is 3.44. The Morgan fingerprint density at radius 2 is 1.75 bits per heavy atom. The lowest BCUT2D eigenvalue weighted by atomic mass is 9.94. The predicted molar refractivity (Wildman–Crippen MR) is 115 cm³/mol. The fraction of sp³-hybridized carbons (Fsp3) is 0.280. The number of benzene rings is 2. The van der Waals surface area contributed by atoms with Crippen LogP contribution in [0.5, 0.6) is 0 Å². The number of aryl methyl sites for hydroxylation is 2. The molecule has 0 fully saturated rings. The maximum Gasteiger partial charge on any atom is 0.307 e. The van der Waals surface area contributed by atoms with Crippen LogP contribution in [0.25, 0.3) is 11.0 Å². The summed E-state index contributed by atoms with van der Waals surface area (Å²) >= 11 is 0. The lowest BCUT2D eigenvalue weighted by molar-refractivity contribution is -0.142. The Labute approximate surface area is 183 Å².